The normalized spacial score (nSPS) is 20.2. The molecule has 2 unspecified atom stereocenters. The topological polar surface area (TPSA) is 31.9 Å². The lowest BCUT2D eigenvalue weighted by Crippen LogP contribution is -2.37. The van der Waals surface area contributed by atoms with E-state index in [4.69, 9.17) is 0 Å². The zero-order valence-electron chi connectivity index (χ0n) is 14.1. The number of hydrogen-bond acceptors (Lipinski definition) is 3. The lowest BCUT2D eigenvalue weighted by Gasteiger charge is -2.35. The van der Waals surface area contributed by atoms with Gasteiger partial charge in [0.15, 0.2) is 0 Å². The highest BCUT2D eigenvalue weighted by molar-refractivity contribution is 7.99. The zero-order valence-corrected chi connectivity index (χ0v) is 14.9. The molecule has 0 radical (unpaired) electrons. The van der Waals surface area contributed by atoms with Crippen LogP contribution in [0.5, 0.6) is 0 Å². The SMILES string of the molecule is CSC(C)CN1CCCCC1c1ncc(-c2cc(F)cc(F)c2)[nH]1. The van der Waals surface area contributed by atoms with E-state index in [2.05, 4.69) is 28.0 Å². The largest absolute Gasteiger partial charge is 0.341 e. The monoisotopic (exact) mass is 351 g/mol. The highest BCUT2D eigenvalue weighted by Gasteiger charge is 2.27. The molecule has 3 nitrogen and oxygen atoms in total. The molecule has 2 heterocycles. The number of halogens is 2. The van der Waals surface area contributed by atoms with Gasteiger partial charge in [-0.15, -0.1) is 0 Å². The number of H-pyrrole nitrogens is 1. The van der Waals surface area contributed by atoms with Crippen molar-refractivity contribution in [1.29, 1.82) is 0 Å². The molecular formula is C18H23F2N3S. The number of likely N-dealkylation sites (tertiary alicyclic amines) is 1. The third kappa shape index (κ3) is 3.98. The third-order valence-corrected chi connectivity index (χ3v) is 5.55. The molecule has 2 atom stereocenters. The number of hydrogen-bond donors (Lipinski definition) is 1. The molecule has 130 valence electrons. The quantitative estimate of drug-likeness (QED) is 0.852. The summed E-state index contributed by atoms with van der Waals surface area (Å²) in [4.78, 5) is 10.3. The second-order valence-electron chi connectivity index (χ2n) is 6.39. The Labute approximate surface area is 145 Å². The summed E-state index contributed by atoms with van der Waals surface area (Å²) < 4.78 is 26.9. The van der Waals surface area contributed by atoms with Crippen molar-refractivity contribution < 1.29 is 8.78 Å². The van der Waals surface area contributed by atoms with Crippen LogP contribution in [0.4, 0.5) is 8.78 Å². The van der Waals surface area contributed by atoms with Crippen LogP contribution in [0.15, 0.2) is 24.4 Å². The standard InChI is InChI=1S/C18H23F2N3S/c1-12(24-2)11-23-6-4-3-5-17(23)18-21-10-16(22-18)13-7-14(19)9-15(20)8-13/h7-10,12,17H,3-6,11H2,1-2H3,(H,21,22). The lowest BCUT2D eigenvalue weighted by molar-refractivity contribution is 0.145. The van der Waals surface area contributed by atoms with Crippen molar-refractivity contribution in [2.45, 2.75) is 37.5 Å². The summed E-state index contributed by atoms with van der Waals surface area (Å²) in [7, 11) is 0. The Hall–Kier alpha value is -1.40. The fourth-order valence-corrected chi connectivity index (χ4v) is 3.63. The fraction of sp³-hybridized carbons (Fsp3) is 0.500. The van der Waals surface area contributed by atoms with Crippen LogP contribution in [0.2, 0.25) is 0 Å². The predicted molar refractivity (Wildman–Crippen MR) is 95.1 cm³/mol. The van der Waals surface area contributed by atoms with E-state index in [1.165, 1.54) is 25.0 Å². The smallest absolute Gasteiger partial charge is 0.126 e. The van der Waals surface area contributed by atoms with Gasteiger partial charge in [0.1, 0.15) is 17.5 Å². The Morgan fingerprint density at radius 2 is 2.04 bits per heavy atom. The molecule has 1 aromatic carbocycles. The maximum absolute atomic E-state index is 13.4. The van der Waals surface area contributed by atoms with Crippen LogP contribution >= 0.6 is 11.8 Å². The van der Waals surface area contributed by atoms with Gasteiger partial charge in [-0.25, -0.2) is 13.8 Å². The van der Waals surface area contributed by atoms with Crippen LogP contribution in [-0.4, -0.2) is 39.5 Å². The molecule has 0 amide bonds. The molecule has 3 rings (SSSR count). The summed E-state index contributed by atoms with van der Waals surface area (Å²) in [5, 5.41) is 0.567. The number of nitrogens with zero attached hydrogens (tertiary/aromatic N) is 2. The second kappa shape index (κ2) is 7.66. The van der Waals surface area contributed by atoms with Crippen LogP contribution in [0.25, 0.3) is 11.3 Å². The first-order valence-electron chi connectivity index (χ1n) is 8.35. The average molecular weight is 351 g/mol. The first-order chi connectivity index (χ1) is 11.6. The molecule has 24 heavy (non-hydrogen) atoms. The van der Waals surface area contributed by atoms with E-state index in [9.17, 15) is 8.78 Å². The number of aromatic amines is 1. The molecule has 1 aromatic heterocycles. The van der Waals surface area contributed by atoms with Gasteiger partial charge in [0.05, 0.1) is 17.9 Å². The molecule has 1 aliphatic rings. The van der Waals surface area contributed by atoms with E-state index in [1.54, 1.807) is 6.20 Å². The number of nitrogens with one attached hydrogen (secondary N) is 1. The van der Waals surface area contributed by atoms with Crippen molar-refractivity contribution in [3.63, 3.8) is 0 Å². The number of rotatable bonds is 5. The van der Waals surface area contributed by atoms with E-state index in [1.807, 2.05) is 11.8 Å². The van der Waals surface area contributed by atoms with Gasteiger partial charge >= 0.3 is 0 Å². The van der Waals surface area contributed by atoms with E-state index < -0.39 is 11.6 Å². The zero-order chi connectivity index (χ0) is 17.1. The second-order valence-corrected chi connectivity index (χ2v) is 7.67. The number of benzene rings is 1. The van der Waals surface area contributed by atoms with Crippen molar-refractivity contribution in [2.75, 3.05) is 19.3 Å². The number of aromatic nitrogens is 2. The van der Waals surface area contributed by atoms with Crippen LogP contribution in [0.3, 0.4) is 0 Å². The minimum atomic E-state index is -0.575. The first-order valence-corrected chi connectivity index (χ1v) is 9.64. The summed E-state index contributed by atoms with van der Waals surface area (Å²) in [5.41, 5.74) is 1.15. The van der Waals surface area contributed by atoms with Gasteiger partial charge in [0.25, 0.3) is 0 Å². The van der Waals surface area contributed by atoms with Crippen molar-refractivity contribution in [3.05, 3.63) is 41.9 Å². The molecule has 1 saturated heterocycles. The molecular weight excluding hydrogens is 328 g/mol. The van der Waals surface area contributed by atoms with Crippen molar-refractivity contribution >= 4 is 11.8 Å². The van der Waals surface area contributed by atoms with Crippen molar-refractivity contribution in [1.82, 2.24) is 14.9 Å². The van der Waals surface area contributed by atoms with Gasteiger partial charge < -0.3 is 4.98 Å². The highest BCUT2D eigenvalue weighted by Crippen LogP contribution is 2.31. The van der Waals surface area contributed by atoms with Crippen molar-refractivity contribution in [2.24, 2.45) is 0 Å². The molecule has 0 spiro atoms. The Balaban J connectivity index is 1.82. The molecule has 1 N–H and O–H groups in total. The lowest BCUT2D eigenvalue weighted by atomic mass is 10.0. The molecule has 1 fully saturated rings. The predicted octanol–water partition coefficient (Wildman–Crippen LogP) is 4.63. The minimum absolute atomic E-state index is 0.250. The highest BCUT2D eigenvalue weighted by atomic mass is 32.2. The number of thioether (sulfide) groups is 1. The van der Waals surface area contributed by atoms with Crippen LogP contribution in [0, 0.1) is 11.6 Å². The Morgan fingerprint density at radius 3 is 2.75 bits per heavy atom. The van der Waals surface area contributed by atoms with Crippen LogP contribution in [0.1, 0.15) is 38.1 Å². The Morgan fingerprint density at radius 1 is 1.29 bits per heavy atom. The Bertz CT molecular complexity index is 668. The Kier molecular flexibility index (Phi) is 5.56. The summed E-state index contributed by atoms with van der Waals surface area (Å²) in [6.45, 7) is 4.33. The van der Waals surface area contributed by atoms with E-state index >= 15 is 0 Å². The molecule has 0 saturated carbocycles. The summed E-state index contributed by atoms with van der Waals surface area (Å²) in [5.74, 6) is -0.258. The number of piperidine rings is 1. The maximum Gasteiger partial charge on any atom is 0.126 e. The maximum atomic E-state index is 13.4. The van der Waals surface area contributed by atoms with E-state index in [0.29, 0.717) is 16.5 Å². The fourth-order valence-electron chi connectivity index (χ4n) is 3.29. The van der Waals surface area contributed by atoms with Crippen molar-refractivity contribution in [3.8, 4) is 11.3 Å². The minimum Gasteiger partial charge on any atom is -0.341 e. The van der Waals surface area contributed by atoms with E-state index in [-0.39, 0.29) is 6.04 Å². The average Bonchev–Trinajstić information content (AvgIpc) is 3.04. The van der Waals surface area contributed by atoms with Gasteiger partial charge in [-0.2, -0.15) is 11.8 Å². The summed E-state index contributed by atoms with van der Waals surface area (Å²) in [6, 6.07) is 3.79. The van der Waals surface area contributed by atoms with Gasteiger partial charge in [-0.3, -0.25) is 4.90 Å². The van der Waals surface area contributed by atoms with E-state index in [0.717, 1.165) is 31.4 Å². The molecule has 6 heteroatoms. The molecule has 2 aromatic rings. The molecule has 0 aliphatic carbocycles. The molecule has 0 bridgehead atoms. The number of imidazole rings is 1. The van der Waals surface area contributed by atoms with Gasteiger partial charge in [0.2, 0.25) is 0 Å². The third-order valence-electron chi connectivity index (χ3n) is 4.59. The van der Waals surface area contributed by atoms with Crippen LogP contribution in [-0.2, 0) is 0 Å². The van der Waals surface area contributed by atoms with Gasteiger partial charge in [-0.1, -0.05) is 13.3 Å². The molecule has 1 aliphatic heterocycles. The van der Waals surface area contributed by atoms with Gasteiger partial charge in [0, 0.05) is 23.4 Å². The summed E-state index contributed by atoms with van der Waals surface area (Å²) in [6.07, 6.45) is 7.26. The van der Waals surface area contributed by atoms with Gasteiger partial charge in [-0.05, 0) is 37.8 Å². The first kappa shape index (κ1) is 17.4. The van der Waals surface area contributed by atoms with Crippen LogP contribution < -0.4 is 0 Å². The summed E-state index contributed by atoms with van der Waals surface area (Å²) >= 11 is 1.87.